The quantitative estimate of drug-likeness (QED) is 0.518. The fourth-order valence-electron chi connectivity index (χ4n) is 5.26. The Balaban J connectivity index is 1.53. The summed E-state index contributed by atoms with van der Waals surface area (Å²) in [7, 11) is 0. The highest BCUT2D eigenvalue weighted by atomic mass is 16.7. The fourth-order valence-corrected chi connectivity index (χ4v) is 5.26. The molecule has 5 heteroatoms. The van der Waals surface area contributed by atoms with Crippen LogP contribution in [0.25, 0.3) is 0 Å². The number of hydrogen-bond donors (Lipinski definition) is 0. The average Bonchev–Trinajstić information content (AvgIpc) is 2.56. The van der Waals surface area contributed by atoms with Gasteiger partial charge in [0.05, 0.1) is 11.8 Å². The second-order valence-corrected chi connectivity index (χ2v) is 8.37. The molecule has 0 aromatic carbocycles. The second kappa shape index (κ2) is 7.65. The molecule has 4 aliphatic rings. The van der Waals surface area contributed by atoms with Crippen LogP contribution >= 0.6 is 0 Å². The van der Waals surface area contributed by atoms with Crippen LogP contribution in [0.2, 0.25) is 0 Å². The van der Waals surface area contributed by atoms with Gasteiger partial charge in [0, 0.05) is 6.61 Å². The Hall–Kier alpha value is -1.10. The minimum Gasteiger partial charge on any atom is -0.462 e. The van der Waals surface area contributed by atoms with Crippen LogP contribution in [0.3, 0.4) is 0 Å². The molecule has 0 heterocycles. The Morgan fingerprint density at radius 1 is 0.880 bits per heavy atom. The van der Waals surface area contributed by atoms with Crippen molar-refractivity contribution in [3.63, 3.8) is 0 Å². The van der Waals surface area contributed by atoms with Gasteiger partial charge in [0.1, 0.15) is 6.10 Å². The summed E-state index contributed by atoms with van der Waals surface area (Å²) in [5.41, 5.74) is 0. The maximum atomic E-state index is 12.6. The minimum atomic E-state index is -0.590. The molecule has 0 radical (unpaired) electrons. The summed E-state index contributed by atoms with van der Waals surface area (Å²) >= 11 is 0. The van der Waals surface area contributed by atoms with Crippen LogP contribution in [0.1, 0.15) is 59.8 Å². The highest BCUT2D eigenvalue weighted by Gasteiger charge is 2.50. The SMILES string of the molecule is CCOC(C)OC(=O)C(C)C(C)C(=O)OC1C2CC3CC(C2)CC1C3. The van der Waals surface area contributed by atoms with Crippen LogP contribution in [-0.2, 0) is 23.8 Å². The van der Waals surface area contributed by atoms with Gasteiger partial charge in [-0.2, -0.15) is 0 Å². The molecule has 0 aromatic heterocycles. The molecule has 5 nitrogen and oxygen atoms in total. The molecule has 3 unspecified atom stereocenters. The van der Waals surface area contributed by atoms with Crippen LogP contribution in [0.15, 0.2) is 0 Å². The van der Waals surface area contributed by atoms with Crippen LogP contribution in [-0.4, -0.2) is 30.9 Å². The highest BCUT2D eigenvalue weighted by Crippen LogP contribution is 2.54. The molecule has 25 heavy (non-hydrogen) atoms. The first kappa shape index (κ1) is 18.7. The molecular weight excluding hydrogens is 320 g/mol. The first-order valence-corrected chi connectivity index (χ1v) is 9.91. The molecule has 3 atom stereocenters. The Labute approximate surface area is 150 Å². The summed E-state index contributed by atoms with van der Waals surface area (Å²) in [4.78, 5) is 24.8. The van der Waals surface area contributed by atoms with E-state index in [0.717, 1.165) is 11.8 Å². The molecule has 0 spiro atoms. The van der Waals surface area contributed by atoms with Gasteiger partial charge in [-0.3, -0.25) is 9.59 Å². The number of carbonyl (C=O) groups is 2. The Bertz CT molecular complexity index is 474. The Morgan fingerprint density at radius 3 is 1.92 bits per heavy atom. The Morgan fingerprint density at radius 2 is 1.40 bits per heavy atom. The van der Waals surface area contributed by atoms with E-state index in [1.807, 2.05) is 6.92 Å². The number of hydrogen-bond acceptors (Lipinski definition) is 5. The smallest absolute Gasteiger partial charge is 0.311 e. The maximum Gasteiger partial charge on any atom is 0.311 e. The lowest BCUT2D eigenvalue weighted by Gasteiger charge is -2.53. The third-order valence-electron chi connectivity index (χ3n) is 6.57. The number of esters is 2. The van der Waals surface area contributed by atoms with E-state index in [-0.39, 0.29) is 12.1 Å². The zero-order valence-corrected chi connectivity index (χ0v) is 15.9. The van der Waals surface area contributed by atoms with E-state index >= 15 is 0 Å². The van der Waals surface area contributed by atoms with Crippen molar-refractivity contribution < 1.29 is 23.8 Å². The fraction of sp³-hybridized carbons (Fsp3) is 0.900. The first-order valence-electron chi connectivity index (χ1n) is 9.91. The molecule has 4 aliphatic carbocycles. The lowest BCUT2D eigenvalue weighted by molar-refractivity contribution is -0.187. The van der Waals surface area contributed by atoms with Gasteiger partial charge >= 0.3 is 11.9 Å². The van der Waals surface area contributed by atoms with Crippen molar-refractivity contribution in [2.75, 3.05) is 6.61 Å². The summed E-state index contributed by atoms with van der Waals surface area (Å²) in [6.45, 7) is 7.50. The third kappa shape index (κ3) is 4.02. The van der Waals surface area contributed by atoms with Gasteiger partial charge in [0.15, 0.2) is 6.29 Å². The summed E-state index contributed by atoms with van der Waals surface area (Å²) in [5.74, 6) is 1.07. The Kier molecular flexibility index (Phi) is 5.71. The molecule has 4 bridgehead atoms. The van der Waals surface area contributed by atoms with Crippen LogP contribution in [0.4, 0.5) is 0 Å². The predicted molar refractivity (Wildman–Crippen MR) is 92.4 cm³/mol. The summed E-state index contributed by atoms with van der Waals surface area (Å²) in [5, 5.41) is 0. The molecule has 0 saturated heterocycles. The molecule has 0 aromatic rings. The maximum absolute atomic E-state index is 12.6. The van der Waals surface area contributed by atoms with Gasteiger partial charge in [0.2, 0.25) is 0 Å². The second-order valence-electron chi connectivity index (χ2n) is 8.37. The number of rotatable bonds is 7. The molecule has 4 rings (SSSR count). The van der Waals surface area contributed by atoms with Crippen LogP contribution in [0, 0.1) is 35.5 Å². The van der Waals surface area contributed by atoms with Crippen molar-refractivity contribution in [2.24, 2.45) is 35.5 Å². The average molecular weight is 352 g/mol. The van der Waals surface area contributed by atoms with Crippen molar-refractivity contribution in [3.05, 3.63) is 0 Å². The zero-order chi connectivity index (χ0) is 18.1. The summed E-state index contributed by atoms with van der Waals surface area (Å²) < 4.78 is 16.4. The molecule has 142 valence electrons. The van der Waals surface area contributed by atoms with Crippen molar-refractivity contribution in [3.8, 4) is 0 Å². The van der Waals surface area contributed by atoms with Crippen LogP contribution < -0.4 is 0 Å². The predicted octanol–water partition coefficient (Wildman–Crippen LogP) is 3.55. The molecular formula is C20H32O5. The number of ether oxygens (including phenoxy) is 3. The molecule has 4 fully saturated rings. The topological polar surface area (TPSA) is 61.8 Å². The van der Waals surface area contributed by atoms with Gasteiger partial charge in [-0.05, 0) is 69.6 Å². The van der Waals surface area contributed by atoms with E-state index in [4.69, 9.17) is 14.2 Å². The van der Waals surface area contributed by atoms with Crippen LogP contribution in [0.5, 0.6) is 0 Å². The minimum absolute atomic E-state index is 0.0633. The van der Waals surface area contributed by atoms with Gasteiger partial charge in [-0.15, -0.1) is 0 Å². The van der Waals surface area contributed by atoms with Gasteiger partial charge in [0.25, 0.3) is 0 Å². The lowest BCUT2D eigenvalue weighted by Crippen LogP contribution is -2.50. The van der Waals surface area contributed by atoms with Crippen molar-refractivity contribution >= 4 is 11.9 Å². The normalized spacial score (nSPS) is 36.6. The van der Waals surface area contributed by atoms with Crippen molar-refractivity contribution in [1.82, 2.24) is 0 Å². The third-order valence-corrected chi connectivity index (χ3v) is 6.57. The van der Waals surface area contributed by atoms with E-state index in [9.17, 15) is 9.59 Å². The summed E-state index contributed by atoms with van der Waals surface area (Å²) in [6, 6.07) is 0. The lowest BCUT2D eigenvalue weighted by atomic mass is 9.55. The van der Waals surface area contributed by atoms with E-state index in [0.29, 0.717) is 18.4 Å². The van der Waals surface area contributed by atoms with E-state index in [2.05, 4.69) is 0 Å². The van der Waals surface area contributed by atoms with Gasteiger partial charge in [-0.25, -0.2) is 0 Å². The van der Waals surface area contributed by atoms with E-state index in [1.54, 1.807) is 20.8 Å². The molecule has 0 amide bonds. The van der Waals surface area contributed by atoms with E-state index in [1.165, 1.54) is 32.1 Å². The molecule has 0 aliphatic heterocycles. The van der Waals surface area contributed by atoms with Crippen molar-refractivity contribution in [2.45, 2.75) is 72.2 Å². The number of carbonyl (C=O) groups excluding carboxylic acids is 2. The molecule has 0 N–H and O–H groups in total. The van der Waals surface area contributed by atoms with E-state index < -0.39 is 24.1 Å². The standard InChI is InChI=1S/C20H32O5/c1-5-23-13(4)24-19(21)11(2)12(3)20(22)25-18-16-7-14-6-15(9-16)10-17(18)8-14/h11-18H,5-10H2,1-4H3. The van der Waals surface area contributed by atoms with Gasteiger partial charge < -0.3 is 14.2 Å². The van der Waals surface area contributed by atoms with Crippen molar-refractivity contribution in [1.29, 1.82) is 0 Å². The summed E-state index contributed by atoms with van der Waals surface area (Å²) in [6.07, 6.45) is 5.70. The highest BCUT2D eigenvalue weighted by molar-refractivity contribution is 5.81. The first-order chi connectivity index (χ1) is 11.9. The monoisotopic (exact) mass is 352 g/mol. The zero-order valence-electron chi connectivity index (χ0n) is 15.9. The largest absolute Gasteiger partial charge is 0.462 e. The van der Waals surface area contributed by atoms with Gasteiger partial charge in [-0.1, -0.05) is 13.8 Å². The molecule has 4 saturated carbocycles.